The van der Waals surface area contributed by atoms with E-state index < -0.39 is 15.7 Å². The van der Waals surface area contributed by atoms with Gasteiger partial charge in [0, 0.05) is 17.0 Å². The molecule has 28 heavy (non-hydrogen) atoms. The van der Waals surface area contributed by atoms with Crippen LogP contribution in [0.2, 0.25) is 5.02 Å². The van der Waals surface area contributed by atoms with Gasteiger partial charge in [0.25, 0.3) is 0 Å². The third-order valence-corrected chi connectivity index (χ3v) is 6.04. The molecule has 1 heterocycles. The number of halogens is 1. The third kappa shape index (κ3) is 4.76. The SMILES string of the molecule is Cc1ccc(-c2nnc(NC(=O)CCS(=O)(=O)c3ccc(Cl)cc3)o2)c(C)c1. The Balaban J connectivity index is 1.62. The van der Waals surface area contributed by atoms with Crippen LogP contribution in [0, 0.1) is 13.8 Å². The molecule has 2 aromatic carbocycles. The van der Waals surface area contributed by atoms with Crippen LogP contribution in [0.1, 0.15) is 17.5 Å². The second-order valence-corrected chi connectivity index (χ2v) is 8.85. The van der Waals surface area contributed by atoms with E-state index in [0.29, 0.717) is 5.02 Å². The number of nitrogens with zero attached hydrogens (tertiary/aromatic N) is 2. The highest BCUT2D eigenvalue weighted by molar-refractivity contribution is 7.91. The number of amides is 1. The molecule has 1 N–H and O–H groups in total. The van der Waals surface area contributed by atoms with Gasteiger partial charge in [0.15, 0.2) is 9.84 Å². The van der Waals surface area contributed by atoms with Gasteiger partial charge in [-0.3, -0.25) is 10.1 Å². The molecule has 0 saturated heterocycles. The largest absolute Gasteiger partial charge is 0.403 e. The van der Waals surface area contributed by atoms with Gasteiger partial charge in [-0.2, -0.15) is 0 Å². The highest BCUT2D eigenvalue weighted by Crippen LogP contribution is 2.24. The van der Waals surface area contributed by atoms with Crippen LogP contribution in [0.4, 0.5) is 6.01 Å². The van der Waals surface area contributed by atoms with Crippen LogP contribution in [0.3, 0.4) is 0 Å². The number of aromatic nitrogens is 2. The maximum Gasteiger partial charge on any atom is 0.322 e. The number of anilines is 1. The van der Waals surface area contributed by atoms with Crippen molar-refractivity contribution < 1.29 is 17.6 Å². The fourth-order valence-corrected chi connectivity index (χ4v) is 3.97. The lowest BCUT2D eigenvalue weighted by atomic mass is 10.1. The third-order valence-electron chi connectivity index (χ3n) is 4.05. The Kier molecular flexibility index (Phi) is 5.81. The maximum absolute atomic E-state index is 12.3. The number of rotatable bonds is 6. The number of hydrogen-bond donors (Lipinski definition) is 1. The molecule has 0 saturated carbocycles. The molecule has 0 fully saturated rings. The molecule has 9 heteroatoms. The van der Waals surface area contributed by atoms with Gasteiger partial charge < -0.3 is 4.42 Å². The average Bonchev–Trinajstić information content (AvgIpc) is 3.08. The summed E-state index contributed by atoms with van der Waals surface area (Å²) in [6.07, 6.45) is -0.244. The minimum Gasteiger partial charge on any atom is -0.403 e. The number of nitrogens with one attached hydrogen (secondary N) is 1. The number of benzene rings is 2. The monoisotopic (exact) mass is 419 g/mol. The summed E-state index contributed by atoms with van der Waals surface area (Å²) in [5.41, 5.74) is 2.84. The van der Waals surface area contributed by atoms with Crippen molar-refractivity contribution in [2.24, 2.45) is 0 Å². The molecule has 0 atom stereocenters. The highest BCUT2D eigenvalue weighted by atomic mass is 35.5. The van der Waals surface area contributed by atoms with E-state index in [9.17, 15) is 13.2 Å². The molecular formula is C19H18ClN3O4S. The zero-order valence-corrected chi connectivity index (χ0v) is 16.8. The number of carbonyl (C=O) groups excluding carboxylic acids is 1. The van der Waals surface area contributed by atoms with Gasteiger partial charge >= 0.3 is 6.01 Å². The molecule has 1 aromatic heterocycles. The zero-order valence-electron chi connectivity index (χ0n) is 15.3. The van der Waals surface area contributed by atoms with Crippen molar-refractivity contribution in [1.82, 2.24) is 10.2 Å². The first-order chi connectivity index (χ1) is 13.2. The predicted molar refractivity (Wildman–Crippen MR) is 106 cm³/mol. The minimum atomic E-state index is -3.60. The molecular weight excluding hydrogens is 402 g/mol. The van der Waals surface area contributed by atoms with Gasteiger partial charge in [-0.1, -0.05) is 34.4 Å². The molecule has 146 valence electrons. The summed E-state index contributed by atoms with van der Waals surface area (Å²) in [5, 5.41) is 10.6. The van der Waals surface area contributed by atoms with E-state index >= 15 is 0 Å². The first-order valence-corrected chi connectivity index (χ1v) is 10.5. The molecule has 0 aliphatic carbocycles. The van der Waals surface area contributed by atoms with E-state index in [-0.39, 0.29) is 29.0 Å². The summed E-state index contributed by atoms with van der Waals surface area (Å²) in [7, 11) is -3.60. The van der Waals surface area contributed by atoms with Gasteiger partial charge in [-0.15, -0.1) is 5.10 Å². The van der Waals surface area contributed by atoms with Crippen molar-refractivity contribution in [3.63, 3.8) is 0 Å². The molecule has 0 unspecified atom stereocenters. The molecule has 3 rings (SSSR count). The van der Waals surface area contributed by atoms with Gasteiger partial charge in [-0.05, 0) is 49.7 Å². The van der Waals surface area contributed by atoms with E-state index in [1.165, 1.54) is 24.3 Å². The number of sulfone groups is 1. The van der Waals surface area contributed by atoms with Crippen molar-refractivity contribution >= 4 is 33.4 Å². The maximum atomic E-state index is 12.3. The topological polar surface area (TPSA) is 102 Å². The quantitative estimate of drug-likeness (QED) is 0.651. The Bertz CT molecular complexity index is 1110. The van der Waals surface area contributed by atoms with Crippen LogP contribution < -0.4 is 5.32 Å². The van der Waals surface area contributed by atoms with Crippen LogP contribution in [0.15, 0.2) is 51.8 Å². The Morgan fingerprint density at radius 3 is 2.50 bits per heavy atom. The lowest BCUT2D eigenvalue weighted by Crippen LogP contribution is -2.17. The summed E-state index contributed by atoms with van der Waals surface area (Å²) < 4.78 is 30.0. The summed E-state index contributed by atoms with van der Waals surface area (Å²) in [6.45, 7) is 3.90. The Hall–Kier alpha value is -2.71. The van der Waals surface area contributed by atoms with Crippen LogP contribution in [-0.4, -0.2) is 30.3 Å². The van der Waals surface area contributed by atoms with E-state index in [2.05, 4.69) is 15.5 Å². The normalized spacial score (nSPS) is 11.4. The lowest BCUT2D eigenvalue weighted by Gasteiger charge is -2.04. The number of aryl methyl sites for hydroxylation is 2. The van der Waals surface area contributed by atoms with Gasteiger partial charge in [0.05, 0.1) is 10.6 Å². The van der Waals surface area contributed by atoms with E-state index in [4.69, 9.17) is 16.0 Å². The van der Waals surface area contributed by atoms with Crippen LogP contribution in [-0.2, 0) is 14.6 Å². The smallest absolute Gasteiger partial charge is 0.322 e. The summed E-state index contributed by atoms with van der Waals surface area (Å²) in [4.78, 5) is 12.2. The second-order valence-electron chi connectivity index (χ2n) is 6.30. The summed E-state index contributed by atoms with van der Waals surface area (Å²) >= 11 is 5.76. The molecule has 1 amide bonds. The Labute approximate surface area is 167 Å². The van der Waals surface area contributed by atoms with E-state index in [1.807, 2.05) is 32.0 Å². The molecule has 0 spiro atoms. The molecule has 7 nitrogen and oxygen atoms in total. The molecule has 0 radical (unpaired) electrons. The van der Waals surface area contributed by atoms with Crippen molar-refractivity contribution in [2.75, 3.05) is 11.1 Å². The highest BCUT2D eigenvalue weighted by Gasteiger charge is 2.18. The first-order valence-electron chi connectivity index (χ1n) is 8.44. The summed E-state index contributed by atoms with van der Waals surface area (Å²) in [5.74, 6) is -0.603. The molecule has 0 aliphatic rings. The Morgan fingerprint density at radius 1 is 1.11 bits per heavy atom. The van der Waals surface area contributed by atoms with Gasteiger partial charge in [0.1, 0.15) is 0 Å². The van der Waals surface area contributed by atoms with E-state index in [1.54, 1.807) is 0 Å². The standard InChI is InChI=1S/C19H18ClN3O4S/c1-12-3-8-16(13(2)11-12)18-22-23-19(27-18)21-17(24)9-10-28(25,26)15-6-4-14(20)5-7-15/h3-8,11H,9-10H2,1-2H3,(H,21,23,24). The van der Waals surface area contributed by atoms with Crippen LogP contribution in [0.5, 0.6) is 0 Å². The van der Waals surface area contributed by atoms with Gasteiger partial charge in [0.2, 0.25) is 11.8 Å². The summed E-state index contributed by atoms with van der Waals surface area (Å²) in [6, 6.07) is 11.5. The van der Waals surface area contributed by atoms with Crippen molar-refractivity contribution in [3.8, 4) is 11.5 Å². The predicted octanol–water partition coefficient (Wildman–Crippen LogP) is 3.81. The Morgan fingerprint density at radius 2 is 1.82 bits per heavy atom. The van der Waals surface area contributed by atoms with Crippen LogP contribution >= 0.6 is 11.6 Å². The van der Waals surface area contributed by atoms with Crippen LogP contribution in [0.25, 0.3) is 11.5 Å². The molecule has 0 bridgehead atoms. The fraction of sp³-hybridized carbons (Fsp3) is 0.211. The zero-order chi connectivity index (χ0) is 20.3. The van der Waals surface area contributed by atoms with Crippen molar-refractivity contribution in [3.05, 3.63) is 58.6 Å². The average molecular weight is 420 g/mol. The van der Waals surface area contributed by atoms with E-state index in [0.717, 1.165) is 16.7 Å². The lowest BCUT2D eigenvalue weighted by molar-refractivity contribution is -0.115. The number of carbonyl (C=O) groups is 1. The van der Waals surface area contributed by atoms with Gasteiger partial charge in [-0.25, -0.2) is 8.42 Å². The molecule has 0 aliphatic heterocycles. The fourth-order valence-electron chi connectivity index (χ4n) is 2.60. The molecule has 3 aromatic rings. The van der Waals surface area contributed by atoms with Crippen molar-refractivity contribution in [1.29, 1.82) is 0 Å². The minimum absolute atomic E-state index is 0.0798. The number of hydrogen-bond acceptors (Lipinski definition) is 6. The van der Waals surface area contributed by atoms with Crippen molar-refractivity contribution in [2.45, 2.75) is 25.2 Å². The first kappa shape index (κ1) is 20.0. The second kappa shape index (κ2) is 8.12.